The monoisotopic (exact) mass is 353 g/mol. The molecule has 1 aromatic heterocycles. The maximum atomic E-state index is 13.8. The molecule has 0 amide bonds. The van der Waals surface area contributed by atoms with Gasteiger partial charge in [-0.2, -0.15) is 0 Å². The molecule has 108 valence electrons. The first kappa shape index (κ1) is 13.8. The summed E-state index contributed by atoms with van der Waals surface area (Å²) in [4.78, 5) is 4.18. The first-order valence-electron chi connectivity index (χ1n) is 5.98. The van der Waals surface area contributed by atoms with Gasteiger partial charge in [0, 0.05) is 12.1 Å². The average Bonchev–Trinajstić information content (AvgIpc) is 2.75. The van der Waals surface area contributed by atoms with Crippen molar-refractivity contribution >= 4 is 32.9 Å². The second-order valence-electron chi connectivity index (χ2n) is 4.38. The van der Waals surface area contributed by atoms with E-state index in [-0.39, 0.29) is 11.7 Å². The second-order valence-corrected chi connectivity index (χ2v) is 5.23. The van der Waals surface area contributed by atoms with E-state index < -0.39 is 11.6 Å². The molecule has 21 heavy (non-hydrogen) atoms. The van der Waals surface area contributed by atoms with Gasteiger partial charge in [-0.05, 0) is 34.1 Å². The number of hydrogen-bond donors (Lipinski definition) is 1. The highest BCUT2D eigenvalue weighted by Crippen LogP contribution is 2.32. The molecule has 1 heterocycles. The van der Waals surface area contributed by atoms with Gasteiger partial charge in [0.2, 0.25) is 5.95 Å². The Morgan fingerprint density at radius 3 is 2.71 bits per heavy atom. The molecule has 0 aliphatic carbocycles. The van der Waals surface area contributed by atoms with Crippen LogP contribution in [0.5, 0.6) is 5.75 Å². The number of ether oxygens (including phenoxy) is 1. The summed E-state index contributed by atoms with van der Waals surface area (Å²) in [6.07, 6.45) is 0. The molecular formula is C14H10BrF2N3O. The lowest BCUT2D eigenvalue weighted by molar-refractivity contribution is 0.409. The number of benzene rings is 2. The third-order valence-electron chi connectivity index (χ3n) is 3.11. The molecule has 2 aromatic carbocycles. The summed E-state index contributed by atoms with van der Waals surface area (Å²) in [6, 6.07) is 6.86. The number of fused-ring (bicyclic) bond motifs is 1. The molecule has 0 spiro atoms. The Hall–Kier alpha value is -2.15. The molecule has 0 aliphatic rings. The second kappa shape index (κ2) is 5.00. The van der Waals surface area contributed by atoms with Crippen molar-refractivity contribution in [1.29, 1.82) is 0 Å². The fourth-order valence-electron chi connectivity index (χ4n) is 2.18. The zero-order valence-corrected chi connectivity index (χ0v) is 12.5. The van der Waals surface area contributed by atoms with Crippen molar-refractivity contribution in [2.75, 3.05) is 12.8 Å². The Morgan fingerprint density at radius 1 is 1.24 bits per heavy atom. The topological polar surface area (TPSA) is 53.1 Å². The van der Waals surface area contributed by atoms with Crippen molar-refractivity contribution in [3.05, 3.63) is 46.4 Å². The molecule has 7 heteroatoms. The number of rotatable bonds is 2. The van der Waals surface area contributed by atoms with Crippen molar-refractivity contribution < 1.29 is 13.5 Å². The summed E-state index contributed by atoms with van der Waals surface area (Å²) in [5, 5.41) is 0. The van der Waals surface area contributed by atoms with Gasteiger partial charge in [-0.25, -0.2) is 13.8 Å². The van der Waals surface area contributed by atoms with E-state index >= 15 is 0 Å². The van der Waals surface area contributed by atoms with E-state index in [1.165, 1.54) is 42.0 Å². The maximum absolute atomic E-state index is 13.8. The van der Waals surface area contributed by atoms with Gasteiger partial charge in [0.1, 0.15) is 17.4 Å². The minimum atomic E-state index is -0.440. The molecular weight excluding hydrogens is 344 g/mol. The van der Waals surface area contributed by atoms with E-state index in [4.69, 9.17) is 10.5 Å². The van der Waals surface area contributed by atoms with Gasteiger partial charge < -0.3 is 10.5 Å². The van der Waals surface area contributed by atoms with Crippen LogP contribution in [0, 0.1) is 11.6 Å². The Morgan fingerprint density at radius 2 is 2.00 bits per heavy atom. The fraction of sp³-hybridized carbons (Fsp3) is 0.0714. The molecule has 0 aliphatic heterocycles. The molecule has 0 atom stereocenters. The summed E-state index contributed by atoms with van der Waals surface area (Å²) in [7, 11) is 1.42. The number of nitrogens with zero attached hydrogens (tertiary/aromatic N) is 2. The lowest BCUT2D eigenvalue weighted by Gasteiger charge is -2.11. The van der Waals surface area contributed by atoms with Crippen LogP contribution in [-0.2, 0) is 0 Å². The molecule has 0 bridgehead atoms. The van der Waals surface area contributed by atoms with E-state index in [0.29, 0.717) is 21.2 Å². The molecule has 0 saturated heterocycles. The first-order chi connectivity index (χ1) is 10.0. The molecule has 3 rings (SSSR count). The van der Waals surface area contributed by atoms with Crippen LogP contribution in [0.4, 0.5) is 14.7 Å². The highest BCUT2D eigenvalue weighted by Gasteiger charge is 2.16. The van der Waals surface area contributed by atoms with E-state index in [0.717, 1.165) is 0 Å². The minimum absolute atomic E-state index is 0.160. The zero-order chi connectivity index (χ0) is 15.1. The highest BCUT2D eigenvalue weighted by molar-refractivity contribution is 9.10. The number of imidazole rings is 1. The molecule has 0 radical (unpaired) electrons. The average molecular weight is 354 g/mol. The van der Waals surface area contributed by atoms with Crippen LogP contribution < -0.4 is 10.5 Å². The van der Waals surface area contributed by atoms with Crippen molar-refractivity contribution in [2.24, 2.45) is 0 Å². The first-order valence-corrected chi connectivity index (χ1v) is 6.77. The van der Waals surface area contributed by atoms with Crippen LogP contribution in [0.15, 0.2) is 34.8 Å². The van der Waals surface area contributed by atoms with Gasteiger partial charge in [-0.15, -0.1) is 0 Å². The van der Waals surface area contributed by atoms with Crippen LogP contribution in [-0.4, -0.2) is 16.7 Å². The summed E-state index contributed by atoms with van der Waals surface area (Å²) in [5.74, 6) is -0.436. The van der Waals surface area contributed by atoms with Crippen molar-refractivity contribution in [1.82, 2.24) is 9.55 Å². The standard InChI is InChI=1S/C14H10BrF2N3O/c1-21-13-4-7(16)2-3-11(13)20-12-6-9(17)8(15)5-10(12)19-14(20)18/h2-6H,1H3,(H2,18,19). The number of methoxy groups -OCH3 is 1. The lowest BCUT2D eigenvalue weighted by Crippen LogP contribution is -2.03. The smallest absolute Gasteiger partial charge is 0.206 e. The number of anilines is 1. The summed E-state index contributed by atoms with van der Waals surface area (Å²) in [5.41, 5.74) is 7.39. The summed E-state index contributed by atoms with van der Waals surface area (Å²) in [6.45, 7) is 0. The predicted octanol–water partition coefficient (Wildman–Crippen LogP) is 3.66. The zero-order valence-electron chi connectivity index (χ0n) is 10.9. The van der Waals surface area contributed by atoms with Crippen LogP contribution in [0.2, 0.25) is 0 Å². The largest absolute Gasteiger partial charge is 0.494 e. The lowest BCUT2D eigenvalue weighted by atomic mass is 10.2. The number of nitrogens with two attached hydrogens (primary N) is 1. The van der Waals surface area contributed by atoms with E-state index in [1.54, 1.807) is 0 Å². The van der Waals surface area contributed by atoms with Crippen LogP contribution >= 0.6 is 15.9 Å². The third kappa shape index (κ3) is 2.23. The maximum Gasteiger partial charge on any atom is 0.206 e. The van der Waals surface area contributed by atoms with Crippen molar-refractivity contribution in [2.45, 2.75) is 0 Å². The third-order valence-corrected chi connectivity index (χ3v) is 3.71. The van der Waals surface area contributed by atoms with E-state index in [2.05, 4.69) is 20.9 Å². The molecule has 4 nitrogen and oxygen atoms in total. The number of nitrogen functional groups attached to an aromatic ring is 1. The molecule has 3 aromatic rings. The minimum Gasteiger partial charge on any atom is -0.494 e. The van der Waals surface area contributed by atoms with Crippen molar-refractivity contribution in [3.8, 4) is 11.4 Å². The number of hydrogen-bond acceptors (Lipinski definition) is 3. The number of aromatic nitrogens is 2. The summed E-state index contributed by atoms with van der Waals surface area (Å²) < 4.78 is 34.1. The quantitative estimate of drug-likeness (QED) is 0.764. The van der Waals surface area contributed by atoms with Gasteiger partial charge in [-0.3, -0.25) is 4.57 Å². The van der Waals surface area contributed by atoms with Gasteiger partial charge >= 0.3 is 0 Å². The van der Waals surface area contributed by atoms with Crippen LogP contribution in [0.1, 0.15) is 0 Å². The Kier molecular flexibility index (Phi) is 3.29. The van der Waals surface area contributed by atoms with Crippen LogP contribution in [0.3, 0.4) is 0 Å². The molecule has 0 fully saturated rings. The molecule has 2 N–H and O–H groups in total. The Bertz CT molecular complexity index is 848. The predicted molar refractivity (Wildman–Crippen MR) is 79.7 cm³/mol. The van der Waals surface area contributed by atoms with Gasteiger partial charge in [0.15, 0.2) is 0 Å². The van der Waals surface area contributed by atoms with Crippen molar-refractivity contribution in [3.63, 3.8) is 0 Å². The van der Waals surface area contributed by atoms with Gasteiger partial charge in [-0.1, -0.05) is 0 Å². The highest BCUT2D eigenvalue weighted by atomic mass is 79.9. The number of halogens is 3. The van der Waals surface area contributed by atoms with Crippen LogP contribution in [0.25, 0.3) is 16.7 Å². The van der Waals surface area contributed by atoms with Gasteiger partial charge in [0.25, 0.3) is 0 Å². The van der Waals surface area contributed by atoms with E-state index in [1.807, 2.05) is 0 Å². The summed E-state index contributed by atoms with van der Waals surface area (Å²) >= 11 is 3.10. The molecule has 0 saturated carbocycles. The van der Waals surface area contributed by atoms with Gasteiger partial charge in [0.05, 0.1) is 28.3 Å². The normalized spacial score (nSPS) is 11.0. The van der Waals surface area contributed by atoms with E-state index in [9.17, 15) is 8.78 Å². The molecule has 0 unspecified atom stereocenters. The SMILES string of the molecule is COc1cc(F)ccc1-n1c(N)nc2cc(Br)c(F)cc21. The Labute approximate surface area is 127 Å². The fourth-order valence-corrected chi connectivity index (χ4v) is 2.51. The Balaban J connectivity index is 2.35.